The van der Waals surface area contributed by atoms with E-state index in [1.165, 1.54) is 11.3 Å². The maximum Gasteiger partial charge on any atom is 0.261 e. The number of carbonyl (C=O) groups is 2. The van der Waals surface area contributed by atoms with Crippen molar-refractivity contribution >= 4 is 28.8 Å². The molecule has 8 heteroatoms. The van der Waals surface area contributed by atoms with E-state index in [1.54, 1.807) is 23.2 Å². The number of hydrogen-bond acceptors (Lipinski definition) is 5. The molecule has 0 atom stereocenters. The maximum atomic E-state index is 12.5. The number of nitrogens with one attached hydrogen (secondary N) is 1. The van der Waals surface area contributed by atoms with Gasteiger partial charge in [0.05, 0.1) is 18.0 Å². The van der Waals surface area contributed by atoms with E-state index in [9.17, 15) is 14.7 Å². The molecule has 0 radical (unpaired) electrons. The van der Waals surface area contributed by atoms with Crippen LogP contribution in [0.15, 0.2) is 42.9 Å². The van der Waals surface area contributed by atoms with Gasteiger partial charge in [0.15, 0.2) is 0 Å². The molecular weight excluding hydrogens is 376 g/mol. The van der Waals surface area contributed by atoms with Crippen molar-refractivity contribution in [3.05, 3.63) is 58.2 Å². The summed E-state index contributed by atoms with van der Waals surface area (Å²) in [5.74, 6) is -0.235. The van der Waals surface area contributed by atoms with Crippen LogP contribution in [0.5, 0.6) is 0 Å². The highest BCUT2D eigenvalue weighted by atomic mass is 32.1. The fourth-order valence-electron chi connectivity index (χ4n) is 3.30. The Kier molecular flexibility index (Phi) is 4.68. The zero-order valence-corrected chi connectivity index (χ0v) is 16.6. The summed E-state index contributed by atoms with van der Waals surface area (Å²) < 4.78 is 1.91. The molecule has 0 bridgehead atoms. The van der Waals surface area contributed by atoms with Crippen LogP contribution in [0.25, 0.3) is 5.65 Å². The summed E-state index contributed by atoms with van der Waals surface area (Å²) in [6.07, 6.45) is 5.50. The first-order valence-corrected chi connectivity index (χ1v) is 9.99. The van der Waals surface area contributed by atoms with Gasteiger partial charge in [-0.05, 0) is 29.8 Å². The topological polar surface area (TPSA) is 86.9 Å². The minimum atomic E-state index is -1.06. The Hall–Kier alpha value is -2.71. The molecule has 1 fully saturated rings. The number of β-amino-alcohol motifs (C(OH)–C–C–N with tert-alkyl or cyclic N) is 1. The second kappa shape index (κ2) is 7.03. The van der Waals surface area contributed by atoms with E-state index < -0.39 is 5.60 Å². The Balaban J connectivity index is 1.37. The first-order chi connectivity index (χ1) is 13.4. The maximum absolute atomic E-state index is 12.5. The van der Waals surface area contributed by atoms with E-state index in [4.69, 9.17) is 0 Å². The molecule has 146 valence electrons. The number of aliphatic hydroxyl groups is 1. The van der Waals surface area contributed by atoms with E-state index in [1.807, 2.05) is 42.8 Å². The van der Waals surface area contributed by atoms with Gasteiger partial charge in [-0.3, -0.25) is 9.59 Å². The van der Waals surface area contributed by atoms with Crippen molar-refractivity contribution in [3.8, 4) is 0 Å². The number of aromatic nitrogens is 2. The van der Waals surface area contributed by atoms with E-state index in [0.29, 0.717) is 16.3 Å². The van der Waals surface area contributed by atoms with Crippen LogP contribution in [0.1, 0.15) is 34.0 Å². The minimum absolute atomic E-state index is 0.0358. The second-order valence-corrected chi connectivity index (χ2v) is 8.54. The van der Waals surface area contributed by atoms with Crippen molar-refractivity contribution in [2.75, 3.05) is 13.1 Å². The summed E-state index contributed by atoms with van der Waals surface area (Å²) in [5.41, 5.74) is 0.738. The van der Waals surface area contributed by atoms with Crippen molar-refractivity contribution in [1.82, 2.24) is 19.6 Å². The van der Waals surface area contributed by atoms with Crippen LogP contribution in [-0.2, 0) is 16.9 Å². The lowest BCUT2D eigenvalue weighted by Crippen LogP contribution is -2.61. The lowest BCUT2D eigenvalue weighted by molar-refractivity contribution is -0.159. The summed E-state index contributed by atoms with van der Waals surface area (Å²) in [6.45, 7) is 4.64. The molecule has 7 nitrogen and oxygen atoms in total. The standard InChI is InChI=1S/C20H22N4O3S/c1-13(2)19(26)24-11-20(27,12-24)16-4-3-15(28-16)18(25)22-10-14-5-7-23-8-6-21-17(23)9-14/h3-9,13,27H,10-12H2,1-2H3,(H,22,25). The molecule has 2 amide bonds. The summed E-state index contributed by atoms with van der Waals surface area (Å²) in [4.78, 5) is 31.6. The second-order valence-electron chi connectivity index (χ2n) is 7.45. The van der Waals surface area contributed by atoms with Crippen molar-refractivity contribution in [2.24, 2.45) is 5.92 Å². The van der Waals surface area contributed by atoms with Crippen LogP contribution >= 0.6 is 11.3 Å². The summed E-state index contributed by atoms with van der Waals surface area (Å²) >= 11 is 1.27. The summed E-state index contributed by atoms with van der Waals surface area (Å²) in [6, 6.07) is 7.36. The predicted molar refractivity (Wildman–Crippen MR) is 106 cm³/mol. The molecule has 0 aromatic carbocycles. The Morgan fingerprint density at radius 3 is 2.82 bits per heavy atom. The molecule has 4 heterocycles. The fraction of sp³-hybridized carbons (Fsp3) is 0.350. The van der Waals surface area contributed by atoms with Crippen LogP contribution in [0.3, 0.4) is 0 Å². The Bertz CT molecular complexity index is 1030. The van der Waals surface area contributed by atoms with Crippen LogP contribution in [0.4, 0.5) is 0 Å². The first kappa shape index (κ1) is 18.6. The Morgan fingerprint density at radius 2 is 2.07 bits per heavy atom. The van der Waals surface area contributed by atoms with Gasteiger partial charge in [-0.1, -0.05) is 13.8 Å². The quantitative estimate of drug-likeness (QED) is 0.688. The monoisotopic (exact) mass is 398 g/mol. The highest BCUT2D eigenvalue weighted by Gasteiger charge is 2.46. The van der Waals surface area contributed by atoms with Gasteiger partial charge in [-0.25, -0.2) is 4.98 Å². The lowest BCUT2D eigenvalue weighted by atomic mass is 9.91. The number of thiophene rings is 1. The molecule has 28 heavy (non-hydrogen) atoms. The van der Waals surface area contributed by atoms with Gasteiger partial charge in [0, 0.05) is 35.9 Å². The smallest absolute Gasteiger partial charge is 0.261 e. The first-order valence-electron chi connectivity index (χ1n) is 9.17. The third-order valence-corrected chi connectivity index (χ3v) is 6.19. The zero-order valence-electron chi connectivity index (χ0n) is 15.8. The van der Waals surface area contributed by atoms with Crippen LogP contribution in [-0.4, -0.2) is 44.3 Å². The Labute approximate surface area is 166 Å². The number of imidazole rings is 1. The number of pyridine rings is 1. The van der Waals surface area contributed by atoms with Gasteiger partial charge in [0.2, 0.25) is 5.91 Å². The summed E-state index contributed by atoms with van der Waals surface area (Å²) in [5, 5.41) is 13.6. The van der Waals surface area contributed by atoms with E-state index >= 15 is 0 Å². The van der Waals surface area contributed by atoms with Gasteiger partial charge in [-0.2, -0.15) is 0 Å². The van der Waals surface area contributed by atoms with Gasteiger partial charge in [0.25, 0.3) is 5.91 Å². The zero-order chi connectivity index (χ0) is 19.9. The number of likely N-dealkylation sites (tertiary alicyclic amines) is 1. The van der Waals surface area contributed by atoms with Crippen molar-refractivity contribution in [3.63, 3.8) is 0 Å². The molecule has 3 aromatic rings. The number of hydrogen-bond donors (Lipinski definition) is 2. The van der Waals surface area contributed by atoms with Gasteiger partial charge >= 0.3 is 0 Å². The molecule has 1 aliphatic rings. The highest BCUT2D eigenvalue weighted by molar-refractivity contribution is 7.14. The van der Waals surface area contributed by atoms with Gasteiger partial charge in [0.1, 0.15) is 11.2 Å². The number of rotatable bonds is 5. The van der Waals surface area contributed by atoms with E-state index in [2.05, 4.69) is 10.3 Å². The molecule has 3 aromatic heterocycles. The molecule has 0 spiro atoms. The molecule has 0 saturated carbocycles. The van der Waals surface area contributed by atoms with Crippen molar-refractivity contribution in [1.29, 1.82) is 0 Å². The largest absolute Gasteiger partial charge is 0.381 e. The van der Waals surface area contributed by atoms with E-state index in [-0.39, 0.29) is 30.8 Å². The third-order valence-electron chi connectivity index (χ3n) is 4.91. The highest BCUT2D eigenvalue weighted by Crippen LogP contribution is 2.36. The SMILES string of the molecule is CC(C)C(=O)N1CC(O)(c2ccc(C(=O)NCc3ccn4ccnc4c3)s2)C1. The minimum Gasteiger partial charge on any atom is -0.381 e. The van der Waals surface area contributed by atoms with Gasteiger partial charge < -0.3 is 19.7 Å². The average Bonchev–Trinajstić information content (AvgIpc) is 3.31. The van der Waals surface area contributed by atoms with Crippen LogP contribution in [0.2, 0.25) is 0 Å². The molecule has 1 aliphatic heterocycles. The summed E-state index contributed by atoms with van der Waals surface area (Å²) in [7, 11) is 0. The van der Waals surface area contributed by atoms with Crippen molar-refractivity contribution < 1.29 is 14.7 Å². The average molecular weight is 398 g/mol. The lowest BCUT2D eigenvalue weighted by Gasteiger charge is -2.46. The molecule has 0 unspecified atom stereocenters. The molecular formula is C20H22N4O3S. The normalized spacial score (nSPS) is 15.6. The van der Waals surface area contributed by atoms with Crippen LogP contribution < -0.4 is 5.32 Å². The number of fused-ring (bicyclic) bond motifs is 1. The van der Waals surface area contributed by atoms with Crippen LogP contribution in [0, 0.1) is 5.92 Å². The van der Waals surface area contributed by atoms with E-state index in [0.717, 1.165) is 11.2 Å². The molecule has 1 saturated heterocycles. The molecule has 2 N–H and O–H groups in total. The van der Waals surface area contributed by atoms with Crippen molar-refractivity contribution in [2.45, 2.75) is 26.0 Å². The third kappa shape index (κ3) is 3.41. The molecule has 0 aliphatic carbocycles. The van der Waals surface area contributed by atoms with Gasteiger partial charge in [-0.15, -0.1) is 11.3 Å². The fourth-order valence-corrected chi connectivity index (χ4v) is 4.30. The number of carbonyl (C=O) groups excluding carboxylic acids is 2. The Morgan fingerprint density at radius 1 is 1.29 bits per heavy atom. The predicted octanol–water partition coefficient (Wildman–Crippen LogP) is 2.01. The number of nitrogens with zero attached hydrogens (tertiary/aromatic N) is 3. The molecule has 4 rings (SSSR count). The number of amides is 2.